The topological polar surface area (TPSA) is 111 Å². The van der Waals surface area contributed by atoms with Crippen molar-refractivity contribution in [1.29, 1.82) is 0 Å². The molecule has 9 nitrogen and oxygen atoms in total. The van der Waals surface area contributed by atoms with Crippen LogP contribution in [0.3, 0.4) is 0 Å². The van der Waals surface area contributed by atoms with Gasteiger partial charge in [0.2, 0.25) is 11.8 Å². The summed E-state index contributed by atoms with van der Waals surface area (Å²) in [6, 6.07) is 1.77. The lowest BCUT2D eigenvalue weighted by Gasteiger charge is -2.44. The first-order valence-corrected chi connectivity index (χ1v) is 15.6. The summed E-state index contributed by atoms with van der Waals surface area (Å²) in [4.78, 5) is 46.3. The van der Waals surface area contributed by atoms with E-state index in [1.54, 1.807) is 9.80 Å². The molecule has 0 bridgehead atoms. The number of nitrogens with two attached hydrogens (primary N) is 1. The molecule has 2 N–H and O–H groups in total. The highest BCUT2D eigenvalue weighted by atomic mass is 32.2. The van der Waals surface area contributed by atoms with Crippen LogP contribution >= 0.6 is 23.1 Å². The number of hydrogen-bond acceptors (Lipinski definition) is 8. The van der Waals surface area contributed by atoms with E-state index in [1.807, 2.05) is 27.7 Å². The largest absolute Gasteiger partial charge is 0.417 e. The zero-order chi connectivity index (χ0) is 31.4. The van der Waals surface area contributed by atoms with Gasteiger partial charge in [-0.3, -0.25) is 14.2 Å². The molecule has 4 heterocycles. The minimum atomic E-state index is -4.77. The maximum absolute atomic E-state index is 14.9. The second-order valence-electron chi connectivity index (χ2n) is 11.1. The van der Waals surface area contributed by atoms with Gasteiger partial charge >= 0.3 is 11.9 Å². The maximum atomic E-state index is 14.9. The van der Waals surface area contributed by atoms with Crippen molar-refractivity contribution in [3.8, 4) is 10.4 Å². The average Bonchev–Trinajstić information content (AvgIpc) is 3.33. The van der Waals surface area contributed by atoms with Crippen molar-refractivity contribution in [1.82, 2.24) is 14.5 Å². The standard InChI is InChI=1S/C29H32F3N5O4S2/c1-6-22(38)37-15(4)9-35(10-16(37)5)27-19-8-20(29(30,31)32)23(21-7-17(12-42-21)26(33)39)25-24(19)36(28(40)34-27)11-18(13-43-25)41-14(2)3/h6-8,12,14-16,18H,1,9-11,13H2,2-5H3,(H2,33,39)/t15-,16+,18?. The number of aromatic nitrogens is 2. The Morgan fingerprint density at radius 2 is 1.86 bits per heavy atom. The summed E-state index contributed by atoms with van der Waals surface area (Å²) in [7, 11) is 0. The third kappa shape index (κ3) is 5.79. The molecule has 230 valence electrons. The van der Waals surface area contributed by atoms with Gasteiger partial charge in [0.1, 0.15) is 5.82 Å². The number of nitrogens with zero attached hydrogens (tertiary/aromatic N) is 4. The van der Waals surface area contributed by atoms with Crippen LogP contribution < -0.4 is 16.3 Å². The van der Waals surface area contributed by atoms with E-state index in [9.17, 15) is 27.6 Å². The number of carbonyl (C=O) groups excluding carboxylic acids is 2. The molecule has 14 heteroatoms. The Morgan fingerprint density at radius 3 is 2.42 bits per heavy atom. The van der Waals surface area contributed by atoms with Gasteiger partial charge < -0.3 is 20.3 Å². The number of alkyl halides is 3. The van der Waals surface area contributed by atoms with Gasteiger partial charge in [-0.15, -0.1) is 23.1 Å². The van der Waals surface area contributed by atoms with Crippen molar-refractivity contribution in [3.63, 3.8) is 0 Å². The van der Waals surface area contributed by atoms with E-state index in [2.05, 4.69) is 11.6 Å². The van der Waals surface area contributed by atoms with Gasteiger partial charge in [0.15, 0.2) is 0 Å². The first kappa shape index (κ1) is 31.1. The molecular weight excluding hydrogens is 603 g/mol. The third-order valence-electron chi connectivity index (χ3n) is 7.55. The first-order valence-electron chi connectivity index (χ1n) is 13.8. The van der Waals surface area contributed by atoms with Gasteiger partial charge in [-0.25, -0.2) is 4.79 Å². The molecule has 5 rings (SSSR count). The molecule has 2 aromatic heterocycles. The Labute approximate surface area is 254 Å². The molecule has 0 spiro atoms. The number of carbonyl (C=O) groups is 2. The van der Waals surface area contributed by atoms with E-state index >= 15 is 0 Å². The first-order chi connectivity index (χ1) is 20.2. The van der Waals surface area contributed by atoms with Gasteiger partial charge in [-0.05, 0) is 45.9 Å². The van der Waals surface area contributed by atoms with Gasteiger partial charge in [-0.2, -0.15) is 18.2 Å². The van der Waals surface area contributed by atoms with E-state index in [0.717, 1.165) is 17.4 Å². The summed E-state index contributed by atoms with van der Waals surface area (Å²) in [5.74, 6) is -0.570. The predicted octanol–water partition coefficient (Wildman–Crippen LogP) is 4.75. The van der Waals surface area contributed by atoms with Crippen LogP contribution in [0.4, 0.5) is 19.0 Å². The summed E-state index contributed by atoms with van der Waals surface area (Å²) < 4.78 is 52.1. The van der Waals surface area contributed by atoms with Gasteiger partial charge in [0.05, 0.1) is 35.4 Å². The van der Waals surface area contributed by atoms with Crippen LogP contribution in [0.5, 0.6) is 0 Å². The Hall–Kier alpha value is -3.36. The number of primary amides is 1. The Balaban J connectivity index is 1.80. The maximum Gasteiger partial charge on any atom is 0.417 e. The molecule has 3 atom stereocenters. The second-order valence-corrected chi connectivity index (χ2v) is 13.0. The number of amides is 2. The summed E-state index contributed by atoms with van der Waals surface area (Å²) in [6.45, 7) is 11.6. The van der Waals surface area contributed by atoms with Crippen LogP contribution in [0.2, 0.25) is 0 Å². The zero-order valence-corrected chi connectivity index (χ0v) is 25.7. The molecule has 43 heavy (non-hydrogen) atoms. The molecule has 1 fully saturated rings. The number of thioether (sulfide) groups is 1. The van der Waals surface area contributed by atoms with Crippen LogP contribution in [0.15, 0.2) is 39.9 Å². The Morgan fingerprint density at radius 1 is 1.19 bits per heavy atom. The van der Waals surface area contributed by atoms with E-state index < -0.39 is 29.4 Å². The summed E-state index contributed by atoms with van der Waals surface area (Å²) in [5.41, 5.74) is 4.24. The van der Waals surface area contributed by atoms with Crippen LogP contribution in [-0.2, 0) is 22.3 Å². The molecule has 2 aliphatic rings. The fourth-order valence-corrected chi connectivity index (χ4v) is 8.23. The van der Waals surface area contributed by atoms with E-state index in [-0.39, 0.29) is 75.8 Å². The zero-order valence-electron chi connectivity index (χ0n) is 24.1. The quantitative estimate of drug-likeness (QED) is 0.389. The van der Waals surface area contributed by atoms with Gasteiger partial charge in [0.25, 0.3) is 0 Å². The smallest absolute Gasteiger partial charge is 0.373 e. The number of halogens is 3. The van der Waals surface area contributed by atoms with Gasteiger partial charge in [-0.1, -0.05) is 6.58 Å². The Bertz CT molecular complexity index is 1660. The number of benzene rings is 1. The van der Waals surface area contributed by atoms with E-state index in [4.69, 9.17) is 10.5 Å². The molecule has 1 saturated heterocycles. The SMILES string of the molecule is C=CC(=O)N1[C@H](C)CN(c2nc(=O)n3c4c(c(-c5cc(C(N)=O)cs5)c(C(F)(F)F)cc24)SCC(OC(C)C)C3)C[C@@H]1C. The highest BCUT2D eigenvalue weighted by Crippen LogP contribution is 2.49. The number of thiophene rings is 1. The monoisotopic (exact) mass is 635 g/mol. The second kappa shape index (κ2) is 11.6. The minimum Gasteiger partial charge on any atom is -0.373 e. The number of rotatable bonds is 6. The molecule has 1 unspecified atom stereocenters. The van der Waals surface area contributed by atoms with Crippen molar-refractivity contribution in [2.24, 2.45) is 5.73 Å². The number of anilines is 1. The molecule has 3 aromatic rings. The molecule has 1 aromatic carbocycles. The van der Waals surface area contributed by atoms with Crippen molar-refractivity contribution in [2.75, 3.05) is 23.7 Å². The highest BCUT2D eigenvalue weighted by molar-refractivity contribution is 7.99. The van der Waals surface area contributed by atoms with Crippen molar-refractivity contribution >= 4 is 51.6 Å². The molecule has 2 aliphatic heterocycles. The van der Waals surface area contributed by atoms with Crippen LogP contribution in [-0.4, -0.2) is 69.4 Å². The number of hydrogen-bond donors (Lipinski definition) is 1. The van der Waals surface area contributed by atoms with Crippen LogP contribution in [0.25, 0.3) is 21.3 Å². The predicted molar refractivity (Wildman–Crippen MR) is 162 cm³/mol. The number of ether oxygens (including phenoxy) is 1. The lowest BCUT2D eigenvalue weighted by molar-refractivity contribution is -0.137. The summed E-state index contributed by atoms with van der Waals surface area (Å²) in [5, 5.41) is 1.61. The molecule has 2 amide bonds. The lowest BCUT2D eigenvalue weighted by Crippen LogP contribution is -2.58. The van der Waals surface area contributed by atoms with Crippen LogP contribution in [0, 0.1) is 0 Å². The number of piperazine rings is 1. The molecular formula is C29H32F3N5O4S2. The van der Waals surface area contributed by atoms with E-state index in [0.29, 0.717) is 11.3 Å². The van der Waals surface area contributed by atoms with E-state index in [1.165, 1.54) is 33.9 Å². The molecule has 0 aliphatic carbocycles. The molecule has 0 radical (unpaired) electrons. The fraction of sp³-hybridized carbons (Fsp3) is 0.448. The summed E-state index contributed by atoms with van der Waals surface area (Å²) >= 11 is 2.17. The van der Waals surface area contributed by atoms with Crippen LogP contribution in [0.1, 0.15) is 43.6 Å². The molecule has 0 saturated carbocycles. The fourth-order valence-electron chi connectivity index (χ4n) is 5.94. The average molecular weight is 636 g/mol. The minimum absolute atomic E-state index is 0.0998. The Kier molecular flexibility index (Phi) is 8.40. The van der Waals surface area contributed by atoms with Gasteiger partial charge in [0, 0.05) is 57.0 Å². The van der Waals surface area contributed by atoms with Crippen molar-refractivity contribution in [3.05, 3.63) is 51.8 Å². The van der Waals surface area contributed by atoms with Crippen molar-refractivity contribution in [2.45, 2.75) is 69.6 Å². The van der Waals surface area contributed by atoms with Crippen molar-refractivity contribution < 1.29 is 27.5 Å². The normalized spacial score (nSPS) is 20.9. The summed E-state index contributed by atoms with van der Waals surface area (Å²) in [6.07, 6.45) is -4.18. The highest BCUT2D eigenvalue weighted by Gasteiger charge is 2.40. The lowest BCUT2D eigenvalue weighted by atomic mass is 10.00. The third-order valence-corrected chi connectivity index (χ3v) is 9.72.